The summed E-state index contributed by atoms with van der Waals surface area (Å²) in [6.45, 7) is 0. The Morgan fingerprint density at radius 3 is 2.67 bits per heavy atom. The molecule has 3 N–H and O–H groups in total. The largest absolute Gasteiger partial charge is 0.361 e. The number of hydrogen-bond donors (Lipinski definition) is 3. The SMILES string of the molecule is Cn1cnnc1SCc1ccc(C(=O)NNC(=O)Cc2c[nH]c3ccccc23)cc1. The van der Waals surface area contributed by atoms with Gasteiger partial charge in [-0.2, -0.15) is 0 Å². The molecule has 9 heteroatoms. The lowest BCUT2D eigenvalue weighted by Gasteiger charge is -2.08. The lowest BCUT2D eigenvalue weighted by atomic mass is 10.1. The lowest BCUT2D eigenvalue weighted by Crippen LogP contribution is -2.42. The number of amides is 2. The van der Waals surface area contributed by atoms with Crippen LogP contribution in [0.5, 0.6) is 0 Å². The van der Waals surface area contributed by atoms with Gasteiger partial charge in [-0.3, -0.25) is 20.4 Å². The molecule has 4 aromatic rings. The molecule has 152 valence electrons. The van der Waals surface area contributed by atoms with Gasteiger partial charge in [0.15, 0.2) is 5.16 Å². The minimum Gasteiger partial charge on any atom is -0.361 e. The molecular formula is C21H20N6O2S. The van der Waals surface area contributed by atoms with Crippen LogP contribution >= 0.6 is 11.8 Å². The fourth-order valence-electron chi connectivity index (χ4n) is 3.00. The second kappa shape index (κ2) is 8.83. The highest BCUT2D eigenvalue weighted by Crippen LogP contribution is 2.20. The number of aromatic nitrogens is 4. The zero-order valence-corrected chi connectivity index (χ0v) is 17.1. The van der Waals surface area contributed by atoms with Gasteiger partial charge in [-0.25, -0.2) is 0 Å². The summed E-state index contributed by atoms with van der Waals surface area (Å²) in [7, 11) is 1.89. The summed E-state index contributed by atoms with van der Waals surface area (Å²) in [6.07, 6.45) is 3.63. The molecule has 0 atom stereocenters. The number of hydrogen-bond acceptors (Lipinski definition) is 5. The van der Waals surface area contributed by atoms with Gasteiger partial charge in [0.1, 0.15) is 6.33 Å². The maximum Gasteiger partial charge on any atom is 0.269 e. The molecule has 0 aliphatic rings. The zero-order valence-electron chi connectivity index (χ0n) is 16.3. The average molecular weight is 420 g/mol. The molecule has 0 saturated heterocycles. The number of nitrogens with one attached hydrogen (secondary N) is 3. The molecule has 0 saturated carbocycles. The van der Waals surface area contributed by atoms with Crippen LogP contribution in [0.15, 0.2) is 66.2 Å². The second-order valence-electron chi connectivity index (χ2n) is 6.75. The Labute approximate surface area is 177 Å². The minimum absolute atomic E-state index is 0.169. The summed E-state index contributed by atoms with van der Waals surface area (Å²) < 4.78 is 1.85. The number of hydrazine groups is 1. The highest BCUT2D eigenvalue weighted by atomic mass is 32.2. The van der Waals surface area contributed by atoms with Gasteiger partial charge in [-0.15, -0.1) is 10.2 Å². The molecule has 30 heavy (non-hydrogen) atoms. The molecule has 0 unspecified atom stereocenters. The summed E-state index contributed by atoms with van der Waals surface area (Å²) >= 11 is 1.57. The summed E-state index contributed by atoms with van der Waals surface area (Å²) in [5.74, 6) is 0.0649. The van der Waals surface area contributed by atoms with Crippen molar-refractivity contribution in [1.29, 1.82) is 0 Å². The quantitative estimate of drug-likeness (QED) is 0.329. The molecule has 2 amide bonds. The molecule has 0 fully saturated rings. The first-order valence-corrected chi connectivity index (χ1v) is 10.3. The van der Waals surface area contributed by atoms with Gasteiger partial charge in [0.05, 0.1) is 6.42 Å². The summed E-state index contributed by atoms with van der Waals surface area (Å²) in [5.41, 5.74) is 8.32. The van der Waals surface area contributed by atoms with Crippen molar-refractivity contribution in [3.05, 3.63) is 77.7 Å². The van der Waals surface area contributed by atoms with Crippen molar-refractivity contribution in [2.75, 3.05) is 0 Å². The number of para-hydroxylation sites is 1. The molecule has 0 radical (unpaired) electrons. The highest BCUT2D eigenvalue weighted by Gasteiger charge is 2.11. The first kappa shape index (κ1) is 19.7. The number of carbonyl (C=O) groups excluding carboxylic acids is 2. The number of thioether (sulfide) groups is 1. The van der Waals surface area contributed by atoms with Gasteiger partial charge in [-0.05, 0) is 29.3 Å². The summed E-state index contributed by atoms with van der Waals surface area (Å²) in [4.78, 5) is 27.7. The number of carbonyl (C=O) groups is 2. The van der Waals surface area contributed by atoms with Crippen LogP contribution in [0.25, 0.3) is 10.9 Å². The van der Waals surface area contributed by atoms with E-state index in [1.54, 1.807) is 30.2 Å². The number of rotatable bonds is 6. The van der Waals surface area contributed by atoms with E-state index in [-0.39, 0.29) is 18.2 Å². The number of H-pyrrole nitrogens is 1. The van der Waals surface area contributed by atoms with Crippen LogP contribution in [0.2, 0.25) is 0 Å². The Balaban J connectivity index is 1.28. The first-order valence-electron chi connectivity index (χ1n) is 9.30. The molecule has 2 aromatic heterocycles. The Kier molecular flexibility index (Phi) is 5.80. The lowest BCUT2D eigenvalue weighted by molar-refractivity contribution is -0.121. The number of fused-ring (bicyclic) bond motifs is 1. The van der Waals surface area contributed by atoms with E-state index < -0.39 is 0 Å². The van der Waals surface area contributed by atoms with Gasteiger partial charge < -0.3 is 9.55 Å². The maximum absolute atomic E-state index is 12.3. The fourth-order valence-corrected chi connectivity index (χ4v) is 3.84. The number of nitrogens with zero attached hydrogens (tertiary/aromatic N) is 3. The van der Waals surface area contributed by atoms with Crippen molar-refractivity contribution in [3.8, 4) is 0 Å². The topological polar surface area (TPSA) is 105 Å². The average Bonchev–Trinajstić information content (AvgIpc) is 3.37. The molecule has 2 heterocycles. The number of benzene rings is 2. The van der Waals surface area contributed by atoms with Crippen LogP contribution < -0.4 is 10.9 Å². The van der Waals surface area contributed by atoms with E-state index in [0.29, 0.717) is 5.56 Å². The van der Waals surface area contributed by atoms with E-state index >= 15 is 0 Å². The van der Waals surface area contributed by atoms with Crippen molar-refractivity contribution >= 4 is 34.5 Å². The summed E-state index contributed by atoms with van der Waals surface area (Å²) in [5, 5.41) is 9.70. The molecular weight excluding hydrogens is 400 g/mol. The second-order valence-corrected chi connectivity index (χ2v) is 7.69. The Hall–Kier alpha value is -3.59. The van der Waals surface area contributed by atoms with E-state index in [9.17, 15) is 9.59 Å². The van der Waals surface area contributed by atoms with Crippen LogP contribution in [0.4, 0.5) is 0 Å². The monoisotopic (exact) mass is 420 g/mol. The van der Waals surface area contributed by atoms with Crippen LogP contribution in [0, 0.1) is 0 Å². The molecule has 4 rings (SSSR count). The molecule has 0 aliphatic carbocycles. The standard InChI is InChI=1S/C21H20N6O2S/c1-27-13-23-26-21(27)30-12-14-6-8-15(9-7-14)20(29)25-24-19(28)10-16-11-22-18-5-3-2-4-17(16)18/h2-9,11,13,22H,10,12H2,1H3,(H,24,28)(H,25,29). The predicted octanol–water partition coefficient (Wildman–Crippen LogP) is 2.59. The van der Waals surface area contributed by atoms with E-state index in [1.807, 2.05) is 54.2 Å². The Bertz CT molecular complexity index is 1180. The van der Waals surface area contributed by atoms with Crippen LogP contribution in [-0.4, -0.2) is 31.6 Å². The third kappa shape index (κ3) is 4.52. The minimum atomic E-state index is -0.366. The number of aryl methyl sites for hydroxylation is 1. The van der Waals surface area contributed by atoms with Crippen LogP contribution in [0.1, 0.15) is 21.5 Å². The zero-order chi connectivity index (χ0) is 20.9. The van der Waals surface area contributed by atoms with Crippen molar-refractivity contribution in [3.63, 3.8) is 0 Å². The number of aromatic amines is 1. The molecule has 0 bridgehead atoms. The molecule has 8 nitrogen and oxygen atoms in total. The van der Waals surface area contributed by atoms with Crippen molar-refractivity contribution in [1.82, 2.24) is 30.6 Å². The fraction of sp³-hybridized carbons (Fsp3) is 0.143. The van der Waals surface area contributed by atoms with E-state index in [2.05, 4.69) is 26.0 Å². The maximum atomic E-state index is 12.3. The molecule has 0 aliphatic heterocycles. The van der Waals surface area contributed by atoms with Gasteiger partial charge in [0.2, 0.25) is 5.91 Å². The molecule has 0 spiro atoms. The smallest absolute Gasteiger partial charge is 0.269 e. The van der Waals surface area contributed by atoms with Crippen molar-refractivity contribution in [2.45, 2.75) is 17.3 Å². The van der Waals surface area contributed by atoms with Gasteiger partial charge >= 0.3 is 0 Å². The normalized spacial score (nSPS) is 10.8. The van der Waals surface area contributed by atoms with Crippen molar-refractivity contribution in [2.24, 2.45) is 7.05 Å². The van der Waals surface area contributed by atoms with E-state index in [1.165, 1.54) is 0 Å². The van der Waals surface area contributed by atoms with Gasteiger partial charge in [0.25, 0.3) is 5.91 Å². The van der Waals surface area contributed by atoms with Crippen molar-refractivity contribution < 1.29 is 9.59 Å². The third-order valence-electron chi connectivity index (χ3n) is 4.60. The predicted molar refractivity (Wildman–Crippen MR) is 115 cm³/mol. The molecule has 2 aromatic carbocycles. The highest BCUT2D eigenvalue weighted by molar-refractivity contribution is 7.98. The third-order valence-corrected chi connectivity index (χ3v) is 5.70. The van der Waals surface area contributed by atoms with Gasteiger partial charge in [0, 0.05) is 35.5 Å². The van der Waals surface area contributed by atoms with Gasteiger partial charge in [-0.1, -0.05) is 42.1 Å². The van der Waals surface area contributed by atoms with Crippen LogP contribution in [-0.2, 0) is 24.0 Å². The Morgan fingerprint density at radius 2 is 1.90 bits per heavy atom. The van der Waals surface area contributed by atoms with E-state index in [4.69, 9.17) is 0 Å². The Morgan fingerprint density at radius 1 is 1.10 bits per heavy atom. The van der Waals surface area contributed by atoms with Crippen LogP contribution in [0.3, 0.4) is 0 Å². The van der Waals surface area contributed by atoms with E-state index in [0.717, 1.165) is 32.9 Å². The first-order chi connectivity index (χ1) is 14.6. The summed E-state index contributed by atoms with van der Waals surface area (Å²) in [6, 6.07) is 15.0.